The number of benzene rings is 3. The molecule has 15 heteroatoms. The van der Waals surface area contributed by atoms with E-state index < -0.39 is 23.4 Å². The third-order valence-corrected chi connectivity index (χ3v) is 10.8. The van der Waals surface area contributed by atoms with Crippen LogP contribution in [0.15, 0.2) is 85.7 Å². The van der Waals surface area contributed by atoms with Crippen molar-refractivity contribution in [3.05, 3.63) is 98.2 Å². The Labute approximate surface area is 335 Å². The molecule has 0 bridgehead atoms. The van der Waals surface area contributed by atoms with E-state index in [1.807, 2.05) is 65.8 Å². The molecule has 288 valence electrons. The summed E-state index contributed by atoms with van der Waals surface area (Å²) in [5.41, 5.74) is 0.828. The Balaban J connectivity index is 0.000000252. The largest absolute Gasteiger partial charge is 0.497 e. The zero-order valence-electron chi connectivity index (χ0n) is 31.5. The molecule has 5 rings (SSSR count). The van der Waals surface area contributed by atoms with Crippen molar-refractivity contribution in [2.24, 2.45) is 0 Å². The van der Waals surface area contributed by atoms with Gasteiger partial charge in [0, 0.05) is 30.1 Å². The van der Waals surface area contributed by atoms with Crippen LogP contribution < -0.4 is 4.74 Å². The van der Waals surface area contributed by atoms with Gasteiger partial charge in [0.2, 0.25) is 0 Å². The molecule has 0 radical (unpaired) electrons. The maximum absolute atomic E-state index is 14.5. The second kappa shape index (κ2) is 18.5. The smallest absolute Gasteiger partial charge is 0.410 e. The molecule has 2 aromatic heterocycles. The van der Waals surface area contributed by atoms with E-state index >= 15 is 0 Å². The molecule has 5 aromatic rings. The first-order valence-corrected chi connectivity index (χ1v) is 19.9. The SMILES string of the molecule is CN(Cc1nc(-c2ccccc2F)c(Br)s1)C(=O)OC(C)(C)C.COc1cccc(Sc2sc(CN(C)C(=O)OC(C)(C)C)nc2-c2ccccc2F)c1. The van der Waals surface area contributed by atoms with Crippen molar-refractivity contribution in [1.29, 1.82) is 0 Å². The second-order valence-electron chi connectivity index (χ2n) is 13.9. The highest BCUT2D eigenvalue weighted by Gasteiger charge is 2.24. The van der Waals surface area contributed by atoms with E-state index in [2.05, 4.69) is 25.9 Å². The first-order chi connectivity index (χ1) is 25.3. The van der Waals surface area contributed by atoms with Crippen molar-refractivity contribution in [2.75, 3.05) is 21.2 Å². The lowest BCUT2D eigenvalue weighted by molar-refractivity contribution is 0.0275. The van der Waals surface area contributed by atoms with Gasteiger partial charge in [-0.15, -0.1) is 22.7 Å². The summed E-state index contributed by atoms with van der Waals surface area (Å²) < 4.78 is 46.1. The van der Waals surface area contributed by atoms with E-state index in [1.165, 1.54) is 56.4 Å². The molecule has 3 aromatic carbocycles. The van der Waals surface area contributed by atoms with Gasteiger partial charge in [-0.05, 0) is 99.9 Å². The highest BCUT2D eigenvalue weighted by molar-refractivity contribution is 9.11. The number of ether oxygens (including phenoxy) is 3. The molecular formula is C39H43BrF2N4O5S3. The molecule has 54 heavy (non-hydrogen) atoms. The van der Waals surface area contributed by atoms with Crippen molar-refractivity contribution in [3.63, 3.8) is 0 Å². The van der Waals surface area contributed by atoms with Crippen molar-refractivity contribution < 1.29 is 32.6 Å². The van der Waals surface area contributed by atoms with Crippen molar-refractivity contribution in [2.45, 2.75) is 74.9 Å². The fraction of sp³-hybridized carbons (Fsp3) is 0.333. The van der Waals surface area contributed by atoms with Gasteiger partial charge in [-0.3, -0.25) is 0 Å². The van der Waals surface area contributed by atoms with E-state index in [0.29, 0.717) is 39.1 Å². The van der Waals surface area contributed by atoms with Gasteiger partial charge in [-0.25, -0.2) is 28.3 Å². The number of amides is 2. The Bertz CT molecular complexity index is 2060. The number of nitrogens with zero attached hydrogens (tertiary/aromatic N) is 4. The van der Waals surface area contributed by atoms with Gasteiger partial charge in [0.1, 0.15) is 38.6 Å². The molecule has 0 fully saturated rings. The first-order valence-electron chi connectivity index (χ1n) is 16.7. The molecule has 0 spiro atoms. The summed E-state index contributed by atoms with van der Waals surface area (Å²) in [6.45, 7) is 11.5. The minimum Gasteiger partial charge on any atom is -0.497 e. The maximum atomic E-state index is 14.5. The monoisotopic (exact) mass is 860 g/mol. The number of aromatic nitrogens is 2. The normalized spacial score (nSPS) is 11.3. The molecule has 0 aliphatic rings. The summed E-state index contributed by atoms with van der Waals surface area (Å²) in [4.78, 5) is 37.3. The van der Waals surface area contributed by atoms with Gasteiger partial charge in [0.15, 0.2) is 0 Å². The molecule has 0 saturated carbocycles. The molecule has 0 aliphatic carbocycles. The van der Waals surface area contributed by atoms with Gasteiger partial charge in [-0.1, -0.05) is 42.1 Å². The first kappa shape index (κ1) is 42.7. The van der Waals surface area contributed by atoms with E-state index in [1.54, 1.807) is 57.6 Å². The van der Waals surface area contributed by atoms with Crippen LogP contribution in [0.2, 0.25) is 0 Å². The number of hydrogen-bond donors (Lipinski definition) is 0. The lowest BCUT2D eigenvalue weighted by atomic mass is 10.1. The van der Waals surface area contributed by atoms with E-state index in [4.69, 9.17) is 14.2 Å². The quantitative estimate of drug-likeness (QED) is 0.145. The molecular weight excluding hydrogens is 819 g/mol. The predicted octanol–water partition coefficient (Wildman–Crippen LogP) is 11.6. The molecule has 0 aliphatic heterocycles. The van der Waals surface area contributed by atoms with Crippen LogP contribution in [0.4, 0.5) is 18.4 Å². The average molecular weight is 862 g/mol. The number of methoxy groups -OCH3 is 1. The van der Waals surface area contributed by atoms with Crippen LogP contribution in [0, 0.1) is 11.6 Å². The van der Waals surface area contributed by atoms with E-state index in [0.717, 1.165) is 18.6 Å². The zero-order valence-corrected chi connectivity index (χ0v) is 35.6. The summed E-state index contributed by atoms with van der Waals surface area (Å²) >= 11 is 7.71. The van der Waals surface area contributed by atoms with Crippen LogP contribution in [0.1, 0.15) is 51.6 Å². The Morgan fingerprint density at radius 1 is 0.741 bits per heavy atom. The standard InChI is InChI=1S/C23H25FN2O3S2.C16H18BrFN2O2S/c1-23(2,3)29-22(27)26(4)14-19-25-20(17-11-6-7-12-18(17)24)21(31-19)30-16-10-8-9-15(13-16)28-5;1-16(2,3)22-15(21)20(4)9-12-19-13(14(17)23-12)10-7-5-6-8-11(10)18/h6-13H,14H2,1-5H3;5-8H,9H2,1-4H3. The summed E-state index contributed by atoms with van der Waals surface area (Å²) in [5.74, 6) is 0.0738. The molecule has 9 nitrogen and oxygen atoms in total. The van der Waals surface area contributed by atoms with Gasteiger partial charge in [0.25, 0.3) is 0 Å². The number of halogens is 3. The third-order valence-electron chi connectivity index (χ3n) is 6.94. The highest BCUT2D eigenvalue weighted by Crippen LogP contribution is 2.42. The molecule has 0 N–H and O–H groups in total. The number of thiazole rings is 2. The summed E-state index contributed by atoms with van der Waals surface area (Å²) in [6.07, 6.45) is -0.853. The summed E-state index contributed by atoms with van der Waals surface area (Å²) in [5, 5.41) is 1.39. The lowest BCUT2D eigenvalue weighted by Gasteiger charge is -2.24. The number of hydrogen-bond acceptors (Lipinski definition) is 10. The molecule has 0 atom stereocenters. The number of carbonyl (C=O) groups is 2. The van der Waals surface area contributed by atoms with Gasteiger partial charge in [-0.2, -0.15) is 0 Å². The molecule has 2 amide bonds. The lowest BCUT2D eigenvalue weighted by Crippen LogP contribution is -2.33. The van der Waals surface area contributed by atoms with Crippen LogP contribution in [-0.4, -0.2) is 64.4 Å². The fourth-order valence-corrected chi connectivity index (χ4v) is 8.64. The predicted molar refractivity (Wildman–Crippen MR) is 215 cm³/mol. The summed E-state index contributed by atoms with van der Waals surface area (Å²) in [6, 6.07) is 20.7. The van der Waals surface area contributed by atoms with E-state index in [-0.39, 0.29) is 18.2 Å². The minimum atomic E-state index is -0.583. The van der Waals surface area contributed by atoms with Crippen LogP contribution in [0.25, 0.3) is 22.5 Å². The average Bonchev–Trinajstić information content (AvgIpc) is 3.65. The van der Waals surface area contributed by atoms with Crippen LogP contribution in [-0.2, 0) is 22.6 Å². The Morgan fingerprint density at radius 3 is 1.72 bits per heavy atom. The topological polar surface area (TPSA) is 94.1 Å². The van der Waals surface area contributed by atoms with Crippen LogP contribution in [0.3, 0.4) is 0 Å². The van der Waals surface area contributed by atoms with Gasteiger partial charge < -0.3 is 24.0 Å². The van der Waals surface area contributed by atoms with Crippen molar-refractivity contribution in [1.82, 2.24) is 19.8 Å². The number of carbonyl (C=O) groups excluding carboxylic acids is 2. The van der Waals surface area contributed by atoms with Crippen molar-refractivity contribution >= 4 is 62.6 Å². The molecule has 2 heterocycles. The van der Waals surface area contributed by atoms with Gasteiger partial charge >= 0.3 is 12.2 Å². The van der Waals surface area contributed by atoms with Crippen molar-refractivity contribution in [3.8, 4) is 28.3 Å². The molecule has 0 saturated heterocycles. The van der Waals surface area contributed by atoms with Crippen LogP contribution in [0.5, 0.6) is 5.75 Å². The Hall–Kier alpha value is -4.05. The van der Waals surface area contributed by atoms with Crippen LogP contribution >= 0.6 is 50.4 Å². The third kappa shape index (κ3) is 12.5. The maximum Gasteiger partial charge on any atom is 0.410 e. The highest BCUT2D eigenvalue weighted by atomic mass is 79.9. The Morgan fingerprint density at radius 2 is 1.22 bits per heavy atom. The van der Waals surface area contributed by atoms with Gasteiger partial charge in [0.05, 0.1) is 39.6 Å². The Kier molecular flexibility index (Phi) is 14.6. The zero-order chi connectivity index (χ0) is 39.8. The second-order valence-corrected chi connectivity index (χ2v) is 18.7. The number of rotatable bonds is 9. The van der Waals surface area contributed by atoms with E-state index in [9.17, 15) is 18.4 Å². The summed E-state index contributed by atoms with van der Waals surface area (Å²) in [7, 11) is 4.92. The fourth-order valence-electron chi connectivity index (χ4n) is 4.53. The minimum absolute atomic E-state index is 0.264. The molecule has 0 unspecified atom stereocenters.